The van der Waals surface area contributed by atoms with E-state index in [4.69, 9.17) is 0 Å². The molecule has 1 fully saturated rings. The van der Waals surface area contributed by atoms with Crippen molar-refractivity contribution >= 4 is 22.9 Å². The molecule has 4 heterocycles. The van der Waals surface area contributed by atoms with E-state index in [0.29, 0.717) is 17.9 Å². The Bertz CT molecular complexity index is 853. The van der Waals surface area contributed by atoms with Gasteiger partial charge in [0.05, 0.1) is 5.69 Å². The Kier molecular flexibility index (Phi) is 3.97. The number of carbonyl (C=O) groups excluding carboxylic acids is 1. The van der Waals surface area contributed by atoms with Gasteiger partial charge in [-0.15, -0.1) is 21.5 Å². The van der Waals surface area contributed by atoms with Crippen molar-refractivity contribution < 1.29 is 4.79 Å². The van der Waals surface area contributed by atoms with Gasteiger partial charge in [-0.2, -0.15) is 9.61 Å². The molecule has 1 atom stereocenters. The molecule has 3 aromatic rings. The van der Waals surface area contributed by atoms with E-state index in [1.807, 2.05) is 29.3 Å². The van der Waals surface area contributed by atoms with Crippen LogP contribution < -0.4 is 0 Å². The van der Waals surface area contributed by atoms with Crippen molar-refractivity contribution in [3.05, 3.63) is 29.4 Å². The Labute approximate surface area is 143 Å². The number of carbonyl (C=O) groups is 1. The predicted octanol–water partition coefficient (Wildman–Crippen LogP) is 2.05. The van der Waals surface area contributed by atoms with Gasteiger partial charge < -0.3 is 4.90 Å². The Morgan fingerprint density at radius 2 is 2.12 bits per heavy atom. The Morgan fingerprint density at radius 3 is 2.88 bits per heavy atom. The number of nitrogens with zero attached hydrogens (tertiary/aromatic N) is 6. The van der Waals surface area contributed by atoms with Crippen LogP contribution in [-0.4, -0.2) is 48.7 Å². The fourth-order valence-electron chi connectivity index (χ4n) is 3.05. The lowest BCUT2D eigenvalue weighted by Crippen LogP contribution is -2.33. The third kappa shape index (κ3) is 2.77. The zero-order valence-electron chi connectivity index (χ0n) is 13.4. The molecule has 1 aliphatic rings. The van der Waals surface area contributed by atoms with Crippen LogP contribution in [0.2, 0.25) is 0 Å². The zero-order chi connectivity index (χ0) is 16.5. The van der Waals surface area contributed by atoms with Gasteiger partial charge in [-0.1, -0.05) is 6.92 Å². The van der Waals surface area contributed by atoms with E-state index in [1.165, 1.54) is 11.3 Å². The summed E-state index contributed by atoms with van der Waals surface area (Å²) in [6, 6.07) is 3.81. The smallest absolute Gasteiger partial charge is 0.225 e. The molecule has 8 heteroatoms. The third-order valence-corrected chi connectivity index (χ3v) is 5.07. The molecule has 3 aromatic heterocycles. The Balaban J connectivity index is 1.58. The van der Waals surface area contributed by atoms with E-state index in [9.17, 15) is 4.79 Å². The standard InChI is InChI=1S/C16H18N6OS/c1-11(16(23)21-7-2-3-8-21)10-12-4-5-13-18-19-14(22(13)20-12)15-17-6-9-24-15/h4-6,9,11H,2-3,7-8,10H2,1H3. The summed E-state index contributed by atoms with van der Waals surface area (Å²) in [6.07, 6.45) is 4.57. The van der Waals surface area contributed by atoms with Gasteiger partial charge in [0.2, 0.25) is 11.7 Å². The lowest BCUT2D eigenvalue weighted by molar-refractivity contribution is -0.133. The van der Waals surface area contributed by atoms with Crippen LogP contribution in [-0.2, 0) is 11.2 Å². The first-order valence-electron chi connectivity index (χ1n) is 8.12. The van der Waals surface area contributed by atoms with Crippen molar-refractivity contribution in [3.8, 4) is 10.8 Å². The fraction of sp³-hybridized carbons (Fsp3) is 0.438. The second kappa shape index (κ2) is 6.27. The monoisotopic (exact) mass is 342 g/mol. The third-order valence-electron chi connectivity index (χ3n) is 4.30. The van der Waals surface area contributed by atoms with Crippen LogP contribution in [0, 0.1) is 5.92 Å². The van der Waals surface area contributed by atoms with Crippen LogP contribution in [0.1, 0.15) is 25.5 Å². The topological polar surface area (TPSA) is 76.3 Å². The number of amides is 1. The van der Waals surface area contributed by atoms with Gasteiger partial charge in [0.25, 0.3) is 0 Å². The number of likely N-dealkylation sites (tertiary alicyclic amines) is 1. The zero-order valence-corrected chi connectivity index (χ0v) is 14.2. The van der Waals surface area contributed by atoms with E-state index in [0.717, 1.165) is 36.6 Å². The molecule has 0 spiro atoms. The number of thiazole rings is 1. The second-order valence-corrected chi connectivity index (χ2v) is 6.99. The molecular weight excluding hydrogens is 324 g/mol. The van der Waals surface area contributed by atoms with Gasteiger partial charge in [0.15, 0.2) is 10.7 Å². The summed E-state index contributed by atoms with van der Waals surface area (Å²) >= 11 is 1.50. The maximum absolute atomic E-state index is 12.5. The first-order valence-corrected chi connectivity index (χ1v) is 9.00. The molecule has 0 saturated carbocycles. The average molecular weight is 342 g/mol. The molecule has 1 amide bonds. The molecule has 1 aliphatic heterocycles. The van der Waals surface area contributed by atoms with Crippen molar-refractivity contribution in [2.24, 2.45) is 5.92 Å². The molecule has 0 N–H and O–H groups in total. The summed E-state index contributed by atoms with van der Waals surface area (Å²) in [7, 11) is 0. The molecule has 0 bridgehead atoms. The maximum atomic E-state index is 12.5. The summed E-state index contributed by atoms with van der Waals surface area (Å²) < 4.78 is 1.71. The molecular formula is C16H18N6OS. The fourth-order valence-corrected chi connectivity index (χ4v) is 3.66. The molecule has 0 radical (unpaired) electrons. The van der Waals surface area contributed by atoms with Crippen LogP contribution in [0.25, 0.3) is 16.5 Å². The number of fused-ring (bicyclic) bond motifs is 1. The van der Waals surface area contributed by atoms with Gasteiger partial charge in [-0.25, -0.2) is 4.98 Å². The molecule has 0 aliphatic carbocycles. The Morgan fingerprint density at radius 1 is 1.29 bits per heavy atom. The largest absolute Gasteiger partial charge is 0.342 e. The van der Waals surface area contributed by atoms with E-state index in [1.54, 1.807) is 10.7 Å². The SMILES string of the molecule is CC(Cc1ccc2nnc(-c3nccs3)n2n1)C(=O)N1CCCC1. The molecule has 1 saturated heterocycles. The number of aromatic nitrogens is 5. The van der Waals surface area contributed by atoms with E-state index in [2.05, 4.69) is 20.3 Å². The first-order chi connectivity index (χ1) is 11.7. The van der Waals surface area contributed by atoms with E-state index >= 15 is 0 Å². The highest BCUT2D eigenvalue weighted by Crippen LogP contribution is 2.20. The summed E-state index contributed by atoms with van der Waals surface area (Å²) in [4.78, 5) is 18.7. The van der Waals surface area contributed by atoms with Crippen LogP contribution in [0.3, 0.4) is 0 Å². The molecule has 1 unspecified atom stereocenters. The van der Waals surface area contributed by atoms with Gasteiger partial charge in [0, 0.05) is 37.0 Å². The van der Waals surface area contributed by atoms with Gasteiger partial charge in [-0.05, 0) is 25.0 Å². The second-order valence-electron chi connectivity index (χ2n) is 6.09. The molecule has 24 heavy (non-hydrogen) atoms. The lowest BCUT2D eigenvalue weighted by Gasteiger charge is -2.20. The van der Waals surface area contributed by atoms with Gasteiger partial charge in [0.1, 0.15) is 0 Å². The summed E-state index contributed by atoms with van der Waals surface area (Å²) in [5, 5.41) is 15.6. The normalized spacial score (nSPS) is 16.0. The minimum Gasteiger partial charge on any atom is -0.342 e. The van der Waals surface area contributed by atoms with Gasteiger partial charge in [-0.3, -0.25) is 4.79 Å². The summed E-state index contributed by atoms with van der Waals surface area (Å²) in [5.41, 5.74) is 1.54. The van der Waals surface area contributed by atoms with Crippen molar-refractivity contribution in [2.45, 2.75) is 26.2 Å². The first kappa shape index (κ1) is 15.2. The molecule has 4 rings (SSSR count). The van der Waals surface area contributed by atoms with Crippen molar-refractivity contribution in [2.75, 3.05) is 13.1 Å². The number of hydrogen-bond acceptors (Lipinski definition) is 6. The van der Waals surface area contributed by atoms with Crippen LogP contribution >= 0.6 is 11.3 Å². The molecule has 124 valence electrons. The quantitative estimate of drug-likeness (QED) is 0.725. The summed E-state index contributed by atoms with van der Waals surface area (Å²) in [5.74, 6) is 0.784. The van der Waals surface area contributed by atoms with Crippen LogP contribution in [0.15, 0.2) is 23.7 Å². The molecule has 7 nitrogen and oxygen atoms in total. The minimum atomic E-state index is -0.0761. The Hall–Kier alpha value is -2.35. The predicted molar refractivity (Wildman–Crippen MR) is 90.6 cm³/mol. The number of rotatable bonds is 4. The molecule has 0 aromatic carbocycles. The van der Waals surface area contributed by atoms with E-state index < -0.39 is 0 Å². The van der Waals surface area contributed by atoms with Crippen LogP contribution in [0.4, 0.5) is 0 Å². The van der Waals surface area contributed by atoms with Gasteiger partial charge >= 0.3 is 0 Å². The highest BCUT2D eigenvalue weighted by atomic mass is 32.1. The maximum Gasteiger partial charge on any atom is 0.225 e. The minimum absolute atomic E-state index is 0.0761. The average Bonchev–Trinajstić information content (AvgIpc) is 3.33. The van der Waals surface area contributed by atoms with Crippen molar-refractivity contribution in [1.82, 2.24) is 29.7 Å². The van der Waals surface area contributed by atoms with Crippen molar-refractivity contribution in [3.63, 3.8) is 0 Å². The number of hydrogen-bond donors (Lipinski definition) is 0. The van der Waals surface area contributed by atoms with E-state index in [-0.39, 0.29) is 11.8 Å². The highest BCUT2D eigenvalue weighted by molar-refractivity contribution is 7.13. The lowest BCUT2D eigenvalue weighted by atomic mass is 10.0. The van der Waals surface area contributed by atoms with Crippen LogP contribution in [0.5, 0.6) is 0 Å². The highest BCUT2D eigenvalue weighted by Gasteiger charge is 2.24. The van der Waals surface area contributed by atoms with Crippen molar-refractivity contribution in [1.29, 1.82) is 0 Å². The summed E-state index contributed by atoms with van der Waals surface area (Å²) in [6.45, 7) is 3.74.